The van der Waals surface area contributed by atoms with Crippen LogP contribution in [-0.4, -0.2) is 29.9 Å². The molecule has 0 saturated carbocycles. The molecule has 0 amide bonds. The predicted octanol–water partition coefficient (Wildman–Crippen LogP) is 4.00. The van der Waals surface area contributed by atoms with Gasteiger partial charge in [0.15, 0.2) is 0 Å². The van der Waals surface area contributed by atoms with Crippen LogP contribution in [0.3, 0.4) is 0 Å². The minimum Gasteiger partial charge on any atom is -0.316 e. The van der Waals surface area contributed by atoms with Gasteiger partial charge in [0.25, 0.3) is 0 Å². The molecular formula is C14H33NOS. The Bertz CT molecular complexity index is 177. The zero-order chi connectivity index (χ0) is 13.7. The van der Waals surface area contributed by atoms with Gasteiger partial charge in [-0.15, -0.1) is 11.8 Å². The summed E-state index contributed by atoms with van der Waals surface area (Å²) >= 11 is 1.81. The molecule has 1 atom stereocenters. The first-order chi connectivity index (χ1) is 8.11. The van der Waals surface area contributed by atoms with Crippen LogP contribution in [0.1, 0.15) is 55.8 Å². The number of hydrogen-bond acceptors (Lipinski definition) is 3. The number of rotatable bonds is 9. The van der Waals surface area contributed by atoms with Crippen molar-refractivity contribution in [2.45, 2.75) is 59.6 Å². The van der Waals surface area contributed by atoms with Crippen molar-refractivity contribution in [2.24, 2.45) is 5.92 Å². The van der Waals surface area contributed by atoms with Crippen molar-refractivity contribution >= 4 is 17.5 Å². The Morgan fingerprint density at radius 3 is 2.29 bits per heavy atom. The van der Waals surface area contributed by atoms with Gasteiger partial charge < -0.3 is 5.32 Å². The molecule has 2 nitrogen and oxygen atoms in total. The van der Waals surface area contributed by atoms with E-state index in [1.807, 2.05) is 32.5 Å². The van der Waals surface area contributed by atoms with E-state index >= 15 is 0 Å². The minimum absolute atomic E-state index is 0. The van der Waals surface area contributed by atoms with Crippen molar-refractivity contribution in [3.63, 3.8) is 0 Å². The van der Waals surface area contributed by atoms with E-state index in [1.165, 1.54) is 0 Å². The monoisotopic (exact) mass is 263 g/mol. The van der Waals surface area contributed by atoms with E-state index in [4.69, 9.17) is 0 Å². The molecule has 3 heteroatoms. The highest BCUT2D eigenvalue weighted by molar-refractivity contribution is 8.00. The lowest BCUT2D eigenvalue weighted by Crippen LogP contribution is -2.22. The molecule has 0 saturated heterocycles. The van der Waals surface area contributed by atoms with Gasteiger partial charge in [-0.25, -0.2) is 0 Å². The summed E-state index contributed by atoms with van der Waals surface area (Å²) in [5.41, 5.74) is 0. The summed E-state index contributed by atoms with van der Waals surface area (Å²) in [4.78, 5) is 11.7. The molecule has 0 aliphatic heterocycles. The second-order valence-corrected chi connectivity index (χ2v) is 5.47. The second kappa shape index (κ2) is 14.0. The molecule has 0 unspecified atom stereocenters. The molecule has 1 N–H and O–H groups in total. The maximum Gasteiger partial charge on any atom is 0.145 e. The third kappa shape index (κ3) is 12.2. The van der Waals surface area contributed by atoms with Crippen LogP contribution in [0, 0.1) is 5.92 Å². The van der Waals surface area contributed by atoms with Gasteiger partial charge in [-0.2, -0.15) is 0 Å². The Balaban J connectivity index is -0.000000709. The van der Waals surface area contributed by atoms with Gasteiger partial charge in [0.2, 0.25) is 0 Å². The van der Waals surface area contributed by atoms with Crippen molar-refractivity contribution in [1.82, 2.24) is 5.32 Å². The number of hydrogen-bond donors (Lipinski definition) is 1. The van der Waals surface area contributed by atoms with Crippen LogP contribution in [0.25, 0.3) is 0 Å². The molecule has 0 fully saturated rings. The van der Waals surface area contributed by atoms with E-state index in [2.05, 4.69) is 26.1 Å². The summed E-state index contributed by atoms with van der Waals surface area (Å²) in [5, 5.41) is 3.50. The highest BCUT2D eigenvalue weighted by Gasteiger charge is 2.17. The van der Waals surface area contributed by atoms with Crippen LogP contribution in [0.15, 0.2) is 0 Å². The fraction of sp³-hybridized carbons (Fsp3) is 0.929. The third-order valence-corrected chi connectivity index (χ3v) is 3.54. The van der Waals surface area contributed by atoms with Gasteiger partial charge in [0, 0.05) is 20.1 Å². The lowest BCUT2D eigenvalue weighted by Gasteiger charge is -2.16. The second-order valence-electron chi connectivity index (χ2n) is 4.16. The molecule has 0 rings (SSSR count). The van der Waals surface area contributed by atoms with Gasteiger partial charge in [-0.1, -0.05) is 41.5 Å². The summed E-state index contributed by atoms with van der Waals surface area (Å²) in [7, 11) is 0. The summed E-state index contributed by atoms with van der Waals surface area (Å²) in [6, 6.07) is 0. The highest BCUT2D eigenvalue weighted by atomic mass is 32.2. The summed E-state index contributed by atoms with van der Waals surface area (Å²) < 4.78 is 0. The number of carbonyl (C=O) groups excluding carboxylic acids is 1. The molecule has 0 bridgehead atoms. The van der Waals surface area contributed by atoms with Gasteiger partial charge >= 0.3 is 0 Å². The van der Waals surface area contributed by atoms with E-state index in [1.54, 1.807) is 0 Å². The van der Waals surface area contributed by atoms with E-state index in [0.717, 1.165) is 25.3 Å². The Morgan fingerprint density at radius 1 is 1.29 bits per heavy atom. The first-order valence-electron chi connectivity index (χ1n) is 6.96. The van der Waals surface area contributed by atoms with Crippen LogP contribution in [-0.2, 0) is 4.79 Å². The lowest BCUT2D eigenvalue weighted by molar-refractivity contribution is -0.118. The molecule has 0 aliphatic rings. The Labute approximate surface area is 114 Å². The topological polar surface area (TPSA) is 29.1 Å². The van der Waals surface area contributed by atoms with E-state index in [-0.39, 0.29) is 6.68 Å². The van der Waals surface area contributed by atoms with Crippen LogP contribution in [0.5, 0.6) is 0 Å². The maximum absolute atomic E-state index is 11.7. The quantitative estimate of drug-likeness (QED) is 0.638. The van der Waals surface area contributed by atoms with Gasteiger partial charge in [0.1, 0.15) is 5.78 Å². The smallest absolute Gasteiger partial charge is 0.145 e. The third-order valence-electron chi connectivity index (χ3n) is 2.24. The van der Waals surface area contributed by atoms with Crippen LogP contribution in [0.2, 0.25) is 0 Å². The summed E-state index contributed by atoms with van der Waals surface area (Å²) in [6.07, 6.45) is 1.69. The zero-order valence-electron chi connectivity index (χ0n) is 12.5. The fourth-order valence-electron chi connectivity index (χ4n) is 1.40. The number of thioether (sulfide) groups is 1. The fourth-order valence-corrected chi connectivity index (χ4v) is 2.82. The molecule has 0 heterocycles. The average molecular weight is 263 g/mol. The Morgan fingerprint density at radius 2 is 1.88 bits per heavy atom. The van der Waals surface area contributed by atoms with Gasteiger partial charge in [0.05, 0.1) is 5.25 Å². The molecule has 0 aromatic carbocycles. The lowest BCUT2D eigenvalue weighted by atomic mass is 10.0. The van der Waals surface area contributed by atoms with Crippen molar-refractivity contribution < 1.29 is 6.22 Å². The molecule has 0 aliphatic carbocycles. The van der Waals surface area contributed by atoms with Crippen LogP contribution in [0.4, 0.5) is 0 Å². The number of ketones is 1. The zero-order valence-corrected chi connectivity index (χ0v) is 13.3. The Kier molecular flexibility index (Phi) is 16.0. The number of carbonyl (C=O) groups is 1. The maximum atomic E-state index is 11.7. The average Bonchev–Trinajstić information content (AvgIpc) is 2.34. The van der Waals surface area contributed by atoms with Crippen molar-refractivity contribution in [3.05, 3.63) is 0 Å². The largest absolute Gasteiger partial charge is 0.316 e. The normalized spacial score (nSPS) is 11.9. The predicted molar refractivity (Wildman–Crippen MR) is 83.0 cm³/mol. The highest BCUT2D eigenvalue weighted by Crippen LogP contribution is 2.20. The summed E-state index contributed by atoms with van der Waals surface area (Å²) in [6.45, 7) is 14.4. The minimum atomic E-state index is 0. The number of Topliss-reactive ketones (excluding diaryl/α,β-unsaturated/α-hetero) is 1. The van der Waals surface area contributed by atoms with Crippen molar-refractivity contribution in [3.8, 4) is 0 Å². The molecule has 0 aromatic rings. The molecule has 17 heavy (non-hydrogen) atoms. The molecule has 0 aromatic heterocycles. The molecule has 0 spiro atoms. The van der Waals surface area contributed by atoms with Gasteiger partial charge in [-0.05, 0) is 18.9 Å². The molecular weight excluding hydrogens is 230 g/mol. The Hall–Kier alpha value is -0.0200. The van der Waals surface area contributed by atoms with Crippen LogP contribution < -0.4 is 5.32 Å². The van der Waals surface area contributed by atoms with E-state index < -0.39 is 0 Å². The first-order valence-corrected chi connectivity index (χ1v) is 8.01. The molecule has 106 valence electrons. The molecule has 0 radical (unpaired) electrons. The first kappa shape index (κ1) is 19.3. The van der Waals surface area contributed by atoms with Gasteiger partial charge in [-0.3, -0.25) is 4.79 Å². The van der Waals surface area contributed by atoms with Crippen LogP contribution >= 0.6 is 11.8 Å². The van der Waals surface area contributed by atoms with E-state index in [9.17, 15) is 4.79 Å². The van der Waals surface area contributed by atoms with E-state index in [0.29, 0.717) is 18.1 Å². The number of nitrogens with one attached hydrogen (secondary N) is 1. The van der Waals surface area contributed by atoms with Crippen molar-refractivity contribution in [1.29, 1.82) is 0 Å². The summed E-state index contributed by atoms with van der Waals surface area (Å²) in [5.74, 6) is 2.05. The van der Waals surface area contributed by atoms with Crippen molar-refractivity contribution in [2.75, 3.05) is 18.8 Å². The standard InChI is InChI=1S/C12H25NOS.C2H6.H2/c1-5-11(14)12(9-10(3)4)15-8-7-13-6-2;1-2;/h10,12-13H,5-9H2,1-4H3;1-2H3;1H/t12-;;/m1../s1. The SMILES string of the molecule is CC.CCNCCS[C@H](CC(C)C)C(=O)CC.[HH].